The second-order valence-electron chi connectivity index (χ2n) is 6.61. The molecule has 6 heteroatoms. The maximum absolute atomic E-state index is 13.0. The predicted octanol–water partition coefficient (Wildman–Crippen LogP) is 4.20. The first-order chi connectivity index (χ1) is 13.2. The molecule has 1 aromatic carbocycles. The predicted molar refractivity (Wildman–Crippen MR) is 97.7 cm³/mol. The Kier molecular flexibility index (Phi) is 4.87. The molecule has 1 saturated carbocycles. The molecular formula is C21H19FN2O3. The van der Waals surface area contributed by atoms with Crippen LogP contribution in [0.5, 0.6) is 5.88 Å². The molecule has 0 atom stereocenters. The third-order valence-electron chi connectivity index (χ3n) is 4.37. The Morgan fingerprint density at radius 1 is 1.15 bits per heavy atom. The lowest BCUT2D eigenvalue weighted by Gasteiger charge is -2.06. The van der Waals surface area contributed by atoms with Gasteiger partial charge >= 0.3 is 0 Å². The van der Waals surface area contributed by atoms with E-state index in [0.29, 0.717) is 29.7 Å². The minimum Gasteiger partial charge on any atom is -0.477 e. The molecule has 0 unspecified atom stereocenters. The van der Waals surface area contributed by atoms with Crippen molar-refractivity contribution >= 4 is 5.91 Å². The molecule has 3 aromatic rings. The monoisotopic (exact) mass is 366 g/mol. The van der Waals surface area contributed by atoms with E-state index in [1.165, 1.54) is 25.0 Å². The van der Waals surface area contributed by atoms with Gasteiger partial charge in [-0.3, -0.25) is 4.79 Å². The van der Waals surface area contributed by atoms with E-state index in [9.17, 15) is 9.18 Å². The maximum Gasteiger partial charge on any atom is 0.287 e. The van der Waals surface area contributed by atoms with Gasteiger partial charge in [-0.25, -0.2) is 9.37 Å². The van der Waals surface area contributed by atoms with Crippen LogP contribution in [0.1, 0.15) is 29.0 Å². The van der Waals surface area contributed by atoms with Crippen LogP contribution >= 0.6 is 0 Å². The van der Waals surface area contributed by atoms with Gasteiger partial charge in [0.05, 0.1) is 6.61 Å². The molecule has 0 spiro atoms. The lowest BCUT2D eigenvalue weighted by Crippen LogP contribution is -2.22. The lowest BCUT2D eigenvalue weighted by atomic mass is 10.2. The zero-order valence-electron chi connectivity index (χ0n) is 14.7. The molecule has 0 aliphatic heterocycles. The van der Waals surface area contributed by atoms with Crippen molar-refractivity contribution in [3.05, 3.63) is 71.9 Å². The van der Waals surface area contributed by atoms with E-state index in [4.69, 9.17) is 9.15 Å². The highest BCUT2D eigenvalue weighted by molar-refractivity contribution is 5.92. The summed E-state index contributed by atoms with van der Waals surface area (Å²) in [5, 5.41) is 2.80. The van der Waals surface area contributed by atoms with Gasteiger partial charge in [-0.05, 0) is 60.7 Å². The number of hydrogen-bond donors (Lipinski definition) is 1. The molecule has 0 bridgehead atoms. The first kappa shape index (κ1) is 17.3. The maximum atomic E-state index is 13.0. The van der Waals surface area contributed by atoms with Gasteiger partial charge in [-0.2, -0.15) is 0 Å². The summed E-state index contributed by atoms with van der Waals surface area (Å²) < 4.78 is 24.2. The van der Waals surface area contributed by atoms with E-state index in [1.807, 2.05) is 12.1 Å². The van der Waals surface area contributed by atoms with Crippen LogP contribution < -0.4 is 10.1 Å². The zero-order valence-corrected chi connectivity index (χ0v) is 14.7. The molecule has 2 heterocycles. The molecule has 27 heavy (non-hydrogen) atoms. The van der Waals surface area contributed by atoms with E-state index in [2.05, 4.69) is 10.3 Å². The zero-order chi connectivity index (χ0) is 18.6. The molecule has 4 rings (SSSR count). The molecule has 1 fully saturated rings. The van der Waals surface area contributed by atoms with Gasteiger partial charge in [0.2, 0.25) is 5.88 Å². The van der Waals surface area contributed by atoms with Crippen LogP contribution in [0.4, 0.5) is 4.39 Å². The van der Waals surface area contributed by atoms with Crippen LogP contribution in [0.3, 0.4) is 0 Å². The van der Waals surface area contributed by atoms with Gasteiger partial charge in [0.15, 0.2) is 5.76 Å². The standard InChI is InChI=1S/C21H19FN2O3/c22-17-6-4-16(5-7-17)18-8-9-19(27-18)21(25)24-12-15-3-10-20(23-11-15)26-13-14-1-2-14/h3-11,14H,1-2,12-13H2,(H,24,25). The van der Waals surface area contributed by atoms with Gasteiger partial charge < -0.3 is 14.5 Å². The number of ether oxygens (including phenoxy) is 1. The van der Waals surface area contributed by atoms with Crippen molar-refractivity contribution in [3.63, 3.8) is 0 Å². The summed E-state index contributed by atoms with van der Waals surface area (Å²) in [5.41, 5.74) is 1.58. The molecule has 2 aromatic heterocycles. The third kappa shape index (κ3) is 4.53. The number of benzene rings is 1. The van der Waals surface area contributed by atoms with Crippen molar-refractivity contribution in [1.82, 2.24) is 10.3 Å². The van der Waals surface area contributed by atoms with E-state index >= 15 is 0 Å². The molecule has 5 nitrogen and oxygen atoms in total. The minimum atomic E-state index is -0.322. The number of halogens is 1. The molecule has 1 N–H and O–H groups in total. The van der Waals surface area contributed by atoms with E-state index in [1.54, 1.807) is 30.5 Å². The SMILES string of the molecule is O=C(NCc1ccc(OCC2CC2)nc1)c1ccc(-c2ccc(F)cc2)o1. The van der Waals surface area contributed by atoms with E-state index in [0.717, 1.165) is 12.2 Å². The van der Waals surface area contributed by atoms with Crippen molar-refractivity contribution in [2.24, 2.45) is 5.92 Å². The summed E-state index contributed by atoms with van der Waals surface area (Å²) in [4.78, 5) is 16.5. The number of carbonyl (C=O) groups excluding carboxylic acids is 1. The minimum absolute atomic E-state index is 0.201. The average Bonchev–Trinajstić information content (AvgIpc) is 3.40. The molecule has 0 radical (unpaired) electrons. The Hall–Kier alpha value is -3.15. The number of nitrogens with zero attached hydrogens (tertiary/aromatic N) is 1. The Labute approximate surface area is 156 Å². The number of amides is 1. The molecule has 1 amide bonds. The van der Waals surface area contributed by atoms with Crippen molar-refractivity contribution in [2.45, 2.75) is 19.4 Å². The van der Waals surface area contributed by atoms with Gasteiger partial charge in [0.25, 0.3) is 5.91 Å². The summed E-state index contributed by atoms with van der Waals surface area (Å²) in [6.07, 6.45) is 4.16. The topological polar surface area (TPSA) is 64.4 Å². The second-order valence-corrected chi connectivity index (χ2v) is 6.61. The highest BCUT2D eigenvalue weighted by atomic mass is 19.1. The van der Waals surface area contributed by atoms with Gasteiger partial charge in [-0.1, -0.05) is 6.07 Å². The highest BCUT2D eigenvalue weighted by Crippen LogP contribution is 2.29. The molecule has 0 saturated heterocycles. The van der Waals surface area contributed by atoms with Crippen LogP contribution in [0.15, 0.2) is 59.1 Å². The molecule has 138 valence electrons. The van der Waals surface area contributed by atoms with Crippen molar-refractivity contribution < 1.29 is 18.3 Å². The van der Waals surface area contributed by atoms with Gasteiger partial charge in [0, 0.05) is 24.4 Å². The van der Waals surface area contributed by atoms with E-state index in [-0.39, 0.29) is 17.5 Å². The first-order valence-corrected chi connectivity index (χ1v) is 8.89. The van der Waals surface area contributed by atoms with E-state index < -0.39 is 0 Å². The number of furan rings is 1. The first-order valence-electron chi connectivity index (χ1n) is 8.89. The largest absolute Gasteiger partial charge is 0.477 e. The molecule has 1 aliphatic carbocycles. The number of nitrogens with one attached hydrogen (secondary N) is 1. The second kappa shape index (κ2) is 7.61. The Bertz CT molecular complexity index is 915. The van der Waals surface area contributed by atoms with Crippen LogP contribution in [0.2, 0.25) is 0 Å². The fourth-order valence-electron chi connectivity index (χ4n) is 2.59. The summed E-state index contributed by atoms with van der Waals surface area (Å²) in [5.74, 6) is 1.36. The number of carbonyl (C=O) groups is 1. The Morgan fingerprint density at radius 3 is 2.67 bits per heavy atom. The molecular weight excluding hydrogens is 347 g/mol. The fourth-order valence-corrected chi connectivity index (χ4v) is 2.59. The van der Waals surface area contributed by atoms with Crippen molar-refractivity contribution in [3.8, 4) is 17.2 Å². The lowest BCUT2D eigenvalue weighted by molar-refractivity contribution is 0.0924. The number of rotatable bonds is 7. The summed E-state index contributed by atoms with van der Waals surface area (Å²) >= 11 is 0. The van der Waals surface area contributed by atoms with Crippen molar-refractivity contribution in [2.75, 3.05) is 6.61 Å². The fraction of sp³-hybridized carbons (Fsp3) is 0.238. The number of pyridine rings is 1. The quantitative estimate of drug-likeness (QED) is 0.681. The van der Waals surface area contributed by atoms with Gasteiger partial charge in [0.1, 0.15) is 11.6 Å². The third-order valence-corrected chi connectivity index (χ3v) is 4.37. The summed E-state index contributed by atoms with van der Waals surface area (Å²) in [7, 11) is 0. The Balaban J connectivity index is 1.31. The molecule has 1 aliphatic rings. The normalized spacial score (nSPS) is 13.4. The Morgan fingerprint density at radius 2 is 1.96 bits per heavy atom. The smallest absolute Gasteiger partial charge is 0.287 e. The average molecular weight is 366 g/mol. The summed E-state index contributed by atoms with van der Waals surface area (Å²) in [6, 6.07) is 12.9. The van der Waals surface area contributed by atoms with Crippen molar-refractivity contribution in [1.29, 1.82) is 0 Å². The van der Waals surface area contributed by atoms with Gasteiger partial charge in [-0.15, -0.1) is 0 Å². The van der Waals surface area contributed by atoms with Crippen LogP contribution in [-0.2, 0) is 6.54 Å². The van der Waals surface area contributed by atoms with Crippen LogP contribution in [-0.4, -0.2) is 17.5 Å². The number of aromatic nitrogens is 1. The number of hydrogen-bond acceptors (Lipinski definition) is 4. The van der Waals surface area contributed by atoms with Crippen LogP contribution in [0.25, 0.3) is 11.3 Å². The summed E-state index contributed by atoms with van der Waals surface area (Å²) in [6.45, 7) is 1.05. The van der Waals surface area contributed by atoms with Crippen LogP contribution in [0, 0.1) is 11.7 Å². The highest BCUT2D eigenvalue weighted by Gasteiger charge is 2.22.